The molecule has 0 radical (unpaired) electrons. The normalized spacial score (nSPS) is 11.3. The van der Waals surface area contributed by atoms with Crippen molar-refractivity contribution in [3.63, 3.8) is 0 Å². The second-order valence-electron chi connectivity index (χ2n) is 7.63. The van der Waals surface area contributed by atoms with Crippen molar-refractivity contribution in [1.29, 1.82) is 0 Å². The molecule has 1 N–H and O–H groups in total. The minimum absolute atomic E-state index is 0.00468. The van der Waals surface area contributed by atoms with Crippen LogP contribution in [0.3, 0.4) is 0 Å². The maximum atomic E-state index is 12.1. The van der Waals surface area contributed by atoms with Crippen molar-refractivity contribution in [2.24, 2.45) is 0 Å². The molecule has 0 aromatic heterocycles. The van der Waals surface area contributed by atoms with Crippen LogP contribution in [0.4, 0.5) is 0 Å². The first-order valence-corrected chi connectivity index (χ1v) is 9.00. The first-order chi connectivity index (χ1) is 12.3. The van der Waals surface area contributed by atoms with Gasteiger partial charge in [-0.15, -0.1) is 0 Å². The van der Waals surface area contributed by atoms with Crippen LogP contribution in [0.15, 0.2) is 48.5 Å². The first-order valence-electron chi connectivity index (χ1n) is 9.00. The molecule has 4 nitrogen and oxygen atoms in total. The van der Waals surface area contributed by atoms with Crippen molar-refractivity contribution in [3.8, 4) is 11.5 Å². The zero-order valence-corrected chi connectivity index (χ0v) is 16.3. The molecule has 0 spiro atoms. The lowest BCUT2D eigenvalue weighted by Crippen LogP contribution is -2.29. The summed E-state index contributed by atoms with van der Waals surface area (Å²) < 4.78 is 11.4. The largest absolute Gasteiger partial charge is 0.491 e. The van der Waals surface area contributed by atoms with Crippen molar-refractivity contribution in [2.45, 2.75) is 52.7 Å². The van der Waals surface area contributed by atoms with E-state index in [-0.39, 0.29) is 24.0 Å². The number of hydrogen-bond donors (Lipinski definition) is 1. The molecule has 2 aromatic rings. The molecule has 0 aliphatic heterocycles. The topological polar surface area (TPSA) is 47.6 Å². The van der Waals surface area contributed by atoms with Gasteiger partial charge in [-0.3, -0.25) is 4.79 Å². The van der Waals surface area contributed by atoms with Crippen molar-refractivity contribution >= 4 is 5.91 Å². The maximum Gasteiger partial charge on any atom is 0.258 e. The third-order valence-corrected chi connectivity index (χ3v) is 3.81. The van der Waals surface area contributed by atoms with Crippen LogP contribution in [0.25, 0.3) is 0 Å². The molecule has 0 aliphatic rings. The van der Waals surface area contributed by atoms with Gasteiger partial charge in [0.15, 0.2) is 6.61 Å². The molecule has 140 valence electrons. The number of carbonyl (C=O) groups is 1. The van der Waals surface area contributed by atoms with Gasteiger partial charge in [-0.1, -0.05) is 51.1 Å². The lowest BCUT2D eigenvalue weighted by molar-refractivity contribution is -0.123. The van der Waals surface area contributed by atoms with Gasteiger partial charge >= 0.3 is 0 Å². The third kappa shape index (κ3) is 6.10. The van der Waals surface area contributed by atoms with Crippen LogP contribution in [-0.4, -0.2) is 18.6 Å². The van der Waals surface area contributed by atoms with Gasteiger partial charge in [0.25, 0.3) is 5.91 Å². The molecule has 1 amide bonds. The fourth-order valence-electron chi connectivity index (χ4n) is 2.61. The van der Waals surface area contributed by atoms with Crippen molar-refractivity contribution < 1.29 is 14.3 Å². The van der Waals surface area contributed by atoms with E-state index in [1.54, 1.807) is 0 Å². The van der Waals surface area contributed by atoms with E-state index in [9.17, 15) is 4.79 Å². The van der Waals surface area contributed by atoms with Crippen molar-refractivity contribution in [1.82, 2.24) is 5.32 Å². The zero-order chi connectivity index (χ0) is 19.2. The van der Waals surface area contributed by atoms with E-state index >= 15 is 0 Å². The van der Waals surface area contributed by atoms with Gasteiger partial charge in [0.05, 0.1) is 6.10 Å². The summed E-state index contributed by atoms with van der Waals surface area (Å²) in [6, 6.07) is 15.6. The predicted octanol–water partition coefficient (Wildman–Crippen LogP) is 4.47. The number of nitrogens with one attached hydrogen (secondary N) is 1. The second kappa shape index (κ2) is 8.75. The van der Waals surface area contributed by atoms with E-state index in [4.69, 9.17) is 9.47 Å². The Balaban J connectivity index is 1.89. The van der Waals surface area contributed by atoms with Gasteiger partial charge in [0, 0.05) is 6.54 Å². The average Bonchev–Trinajstić information content (AvgIpc) is 2.57. The molecular formula is C22H29NO3. The van der Waals surface area contributed by atoms with Gasteiger partial charge in [0.1, 0.15) is 11.5 Å². The maximum absolute atomic E-state index is 12.1. The number of para-hydroxylation sites is 1. The van der Waals surface area contributed by atoms with Gasteiger partial charge < -0.3 is 14.8 Å². The molecule has 2 rings (SSSR count). The van der Waals surface area contributed by atoms with Crippen LogP contribution < -0.4 is 14.8 Å². The zero-order valence-electron chi connectivity index (χ0n) is 16.3. The Bertz CT molecular complexity index is 732. The van der Waals surface area contributed by atoms with E-state index in [0.29, 0.717) is 6.54 Å². The van der Waals surface area contributed by atoms with Gasteiger partial charge in [-0.05, 0) is 48.6 Å². The summed E-state index contributed by atoms with van der Waals surface area (Å²) in [6.07, 6.45) is 0.121. The van der Waals surface area contributed by atoms with Crippen LogP contribution in [0, 0.1) is 0 Å². The van der Waals surface area contributed by atoms with E-state index in [0.717, 1.165) is 22.6 Å². The fourth-order valence-corrected chi connectivity index (χ4v) is 2.61. The highest BCUT2D eigenvalue weighted by molar-refractivity contribution is 5.77. The number of hydrogen-bond acceptors (Lipinski definition) is 3. The highest BCUT2D eigenvalue weighted by atomic mass is 16.5. The summed E-state index contributed by atoms with van der Waals surface area (Å²) in [7, 11) is 0. The van der Waals surface area contributed by atoms with E-state index in [1.165, 1.54) is 0 Å². The van der Waals surface area contributed by atoms with Crippen molar-refractivity contribution in [2.75, 3.05) is 6.61 Å². The lowest BCUT2D eigenvalue weighted by atomic mass is 9.86. The Morgan fingerprint density at radius 3 is 2.50 bits per heavy atom. The minimum atomic E-state index is -0.149. The van der Waals surface area contributed by atoms with Crippen LogP contribution in [0.5, 0.6) is 11.5 Å². The fraction of sp³-hybridized carbons (Fsp3) is 0.409. The number of carbonyl (C=O) groups excluding carboxylic acids is 1. The summed E-state index contributed by atoms with van der Waals surface area (Å²) >= 11 is 0. The number of benzene rings is 2. The second-order valence-corrected chi connectivity index (χ2v) is 7.63. The molecule has 0 heterocycles. The summed E-state index contributed by atoms with van der Waals surface area (Å²) in [4.78, 5) is 12.1. The third-order valence-electron chi connectivity index (χ3n) is 3.81. The SMILES string of the molecule is CC(C)Oc1cccc(CNC(=O)COc2ccccc2C(C)(C)C)c1. The minimum Gasteiger partial charge on any atom is -0.491 e. The van der Waals surface area contributed by atoms with Crippen LogP contribution in [0.2, 0.25) is 0 Å². The highest BCUT2D eigenvalue weighted by Gasteiger charge is 2.18. The quantitative estimate of drug-likeness (QED) is 0.797. The summed E-state index contributed by atoms with van der Waals surface area (Å²) in [5.74, 6) is 1.41. The van der Waals surface area contributed by atoms with E-state index < -0.39 is 0 Å². The van der Waals surface area contributed by atoms with Crippen LogP contribution in [0.1, 0.15) is 45.7 Å². The smallest absolute Gasteiger partial charge is 0.258 e. The molecule has 0 saturated carbocycles. The Hall–Kier alpha value is -2.49. The summed E-state index contributed by atoms with van der Waals surface area (Å²) in [5, 5.41) is 2.89. The highest BCUT2D eigenvalue weighted by Crippen LogP contribution is 2.30. The molecule has 0 aliphatic carbocycles. The van der Waals surface area contributed by atoms with Gasteiger partial charge in [-0.2, -0.15) is 0 Å². The Labute approximate surface area is 156 Å². The van der Waals surface area contributed by atoms with Crippen LogP contribution >= 0.6 is 0 Å². The molecule has 0 atom stereocenters. The summed E-state index contributed by atoms with van der Waals surface area (Å²) in [6.45, 7) is 10.8. The van der Waals surface area contributed by atoms with E-state index in [1.807, 2.05) is 62.4 Å². The molecular weight excluding hydrogens is 326 g/mol. The van der Waals surface area contributed by atoms with Gasteiger partial charge in [-0.25, -0.2) is 0 Å². The summed E-state index contributed by atoms with van der Waals surface area (Å²) in [5.41, 5.74) is 2.04. The van der Waals surface area contributed by atoms with E-state index in [2.05, 4.69) is 26.1 Å². The molecule has 0 bridgehead atoms. The Morgan fingerprint density at radius 2 is 1.81 bits per heavy atom. The standard InChI is InChI=1S/C22H29NO3/c1-16(2)26-18-10-8-9-17(13-18)14-23-21(24)15-25-20-12-7-6-11-19(20)22(3,4)5/h6-13,16H,14-15H2,1-5H3,(H,23,24). The number of ether oxygens (including phenoxy) is 2. The lowest BCUT2D eigenvalue weighted by Gasteiger charge is -2.22. The molecule has 0 unspecified atom stereocenters. The molecule has 2 aromatic carbocycles. The predicted molar refractivity (Wildman–Crippen MR) is 105 cm³/mol. The van der Waals surface area contributed by atoms with Crippen molar-refractivity contribution in [3.05, 3.63) is 59.7 Å². The molecule has 0 fully saturated rings. The number of amides is 1. The van der Waals surface area contributed by atoms with Gasteiger partial charge in [0.2, 0.25) is 0 Å². The monoisotopic (exact) mass is 355 g/mol. The average molecular weight is 355 g/mol. The first kappa shape index (κ1) is 19.8. The molecule has 4 heteroatoms. The Kier molecular flexibility index (Phi) is 6.67. The number of rotatable bonds is 7. The molecule has 0 saturated heterocycles. The Morgan fingerprint density at radius 1 is 1.08 bits per heavy atom. The molecule has 26 heavy (non-hydrogen) atoms. The van der Waals surface area contributed by atoms with Crippen LogP contribution in [-0.2, 0) is 16.8 Å².